The minimum absolute atomic E-state index is 0.0265. The van der Waals surface area contributed by atoms with E-state index < -0.39 is 10.0 Å². The standard InChI is InChI=1S/C7H12N2O3S2/c1-5-7(13-6(2)9-5)14(11,12)8-3-4-10/h8,10H,3-4H2,1-2H3. The van der Waals surface area contributed by atoms with Crippen molar-refractivity contribution in [3.05, 3.63) is 10.7 Å². The highest BCUT2D eigenvalue weighted by atomic mass is 32.2. The molecule has 2 N–H and O–H groups in total. The molecule has 1 rings (SSSR count). The summed E-state index contributed by atoms with van der Waals surface area (Å²) in [6, 6.07) is 0. The van der Waals surface area contributed by atoms with Crippen LogP contribution in [0.3, 0.4) is 0 Å². The lowest BCUT2D eigenvalue weighted by Gasteiger charge is -2.02. The van der Waals surface area contributed by atoms with E-state index in [0.717, 1.165) is 11.3 Å². The van der Waals surface area contributed by atoms with Crippen LogP contribution in [-0.4, -0.2) is 31.7 Å². The van der Waals surface area contributed by atoms with Crippen molar-refractivity contribution >= 4 is 21.4 Å². The van der Waals surface area contributed by atoms with Gasteiger partial charge in [0.1, 0.15) is 0 Å². The van der Waals surface area contributed by atoms with E-state index in [-0.39, 0.29) is 17.4 Å². The van der Waals surface area contributed by atoms with Crippen LogP contribution in [0.1, 0.15) is 10.7 Å². The van der Waals surface area contributed by atoms with E-state index in [1.807, 2.05) is 0 Å². The third kappa shape index (κ3) is 2.50. The first-order valence-electron chi connectivity index (χ1n) is 4.02. The van der Waals surface area contributed by atoms with Crippen molar-refractivity contribution in [2.75, 3.05) is 13.2 Å². The van der Waals surface area contributed by atoms with Crippen LogP contribution < -0.4 is 4.72 Å². The topological polar surface area (TPSA) is 79.3 Å². The van der Waals surface area contributed by atoms with Gasteiger partial charge in [0.2, 0.25) is 0 Å². The molecule has 5 nitrogen and oxygen atoms in total. The summed E-state index contributed by atoms with van der Waals surface area (Å²) in [6.07, 6.45) is 0. The molecule has 0 saturated heterocycles. The SMILES string of the molecule is Cc1nc(C)c(S(=O)(=O)NCCO)s1. The van der Waals surface area contributed by atoms with Crippen molar-refractivity contribution in [1.29, 1.82) is 0 Å². The highest BCUT2D eigenvalue weighted by Crippen LogP contribution is 2.22. The van der Waals surface area contributed by atoms with Gasteiger partial charge in [0.15, 0.2) is 4.21 Å². The molecule has 0 aliphatic heterocycles. The minimum Gasteiger partial charge on any atom is -0.395 e. The zero-order valence-corrected chi connectivity index (χ0v) is 9.57. The quantitative estimate of drug-likeness (QED) is 0.773. The number of aliphatic hydroxyl groups excluding tert-OH is 1. The first kappa shape index (κ1) is 11.6. The van der Waals surface area contributed by atoms with Gasteiger partial charge in [-0.1, -0.05) is 0 Å². The summed E-state index contributed by atoms with van der Waals surface area (Å²) in [5.74, 6) is 0. The first-order valence-corrected chi connectivity index (χ1v) is 6.32. The summed E-state index contributed by atoms with van der Waals surface area (Å²) >= 11 is 1.13. The predicted octanol–water partition coefficient (Wildman–Crippen LogP) is 0.0305. The van der Waals surface area contributed by atoms with E-state index in [1.54, 1.807) is 13.8 Å². The smallest absolute Gasteiger partial charge is 0.252 e. The number of rotatable bonds is 4. The van der Waals surface area contributed by atoms with Crippen molar-refractivity contribution in [2.45, 2.75) is 18.1 Å². The lowest BCUT2D eigenvalue weighted by molar-refractivity contribution is 0.301. The fourth-order valence-electron chi connectivity index (χ4n) is 1.01. The highest BCUT2D eigenvalue weighted by Gasteiger charge is 2.19. The second-order valence-corrected chi connectivity index (χ2v) is 5.89. The van der Waals surface area contributed by atoms with Crippen LogP contribution in [0.4, 0.5) is 0 Å². The average molecular weight is 236 g/mol. The number of sulfonamides is 1. The number of nitrogens with one attached hydrogen (secondary N) is 1. The van der Waals surface area contributed by atoms with Gasteiger partial charge in [0, 0.05) is 6.54 Å². The third-order valence-electron chi connectivity index (χ3n) is 1.51. The lowest BCUT2D eigenvalue weighted by Crippen LogP contribution is -2.26. The summed E-state index contributed by atoms with van der Waals surface area (Å²) < 4.78 is 25.6. The zero-order valence-electron chi connectivity index (χ0n) is 7.94. The Bertz CT molecular complexity index is 411. The summed E-state index contributed by atoms with van der Waals surface area (Å²) in [5.41, 5.74) is 0.498. The molecule has 1 heterocycles. The number of aromatic nitrogens is 1. The summed E-state index contributed by atoms with van der Waals surface area (Å²) in [4.78, 5) is 4.02. The van der Waals surface area contributed by atoms with Gasteiger partial charge in [-0.3, -0.25) is 0 Å². The molecule has 80 valence electrons. The van der Waals surface area contributed by atoms with Gasteiger partial charge in [-0.15, -0.1) is 11.3 Å². The molecule has 0 radical (unpaired) electrons. The van der Waals surface area contributed by atoms with Gasteiger partial charge >= 0.3 is 0 Å². The van der Waals surface area contributed by atoms with Crippen molar-refractivity contribution in [1.82, 2.24) is 9.71 Å². The number of aliphatic hydroxyl groups is 1. The van der Waals surface area contributed by atoms with E-state index >= 15 is 0 Å². The lowest BCUT2D eigenvalue weighted by atomic mass is 10.6. The van der Waals surface area contributed by atoms with E-state index in [2.05, 4.69) is 9.71 Å². The van der Waals surface area contributed by atoms with Crippen LogP contribution in [0.15, 0.2) is 4.21 Å². The van der Waals surface area contributed by atoms with Gasteiger partial charge in [0.25, 0.3) is 10.0 Å². The Hall–Kier alpha value is -0.500. The average Bonchev–Trinajstić information content (AvgIpc) is 2.42. The second-order valence-electron chi connectivity index (χ2n) is 2.73. The Morgan fingerprint density at radius 1 is 1.50 bits per heavy atom. The van der Waals surface area contributed by atoms with Crippen molar-refractivity contribution in [3.8, 4) is 0 Å². The van der Waals surface area contributed by atoms with Crippen LogP contribution in [0, 0.1) is 13.8 Å². The van der Waals surface area contributed by atoms with E-state index in [0.29, 0.717) is 10.7 Å². The zero-order chi connectivity index (χ0) is 10.8. The number of thiazole rings is 1. The number of hydrogen-bond donors (Lipinski definition) is 2. The molecule has 0 aliphatic rings. The van der Waals surface area contributed by atoms with Crippen LogP contribution in [0.2, 0.25) is 0 Å². The highest BCUT2D eigenvalue weighted by molar-refractivity contribution is 7.91. The monoisotopic (exact) mass is 236 g/mol. The maximum absolute atomic E-state index is 11.6. The Morgan fingerprint density at radius 3 is 2.57 bits per heavy atom. The Balaban J connectivity index is 2.98. The maximum atomic E-state index is 11.6. The summed E-state index contributed by atoms with van der Waals surface area (Å²) in [5, 5.41) is 9.23. The van der Waals surface area contributed by atoms with Gasteiger partial charge < -0.3 is 5.11 Å². The van der Waals surface area contributed by atoms with Crippen LogP contribution in [0.25, 0.3) is 0 Å². The fourth-order valence-corrected chi connectivity index (χ4v) is 3.55. The molecular formula is C7H12N2O3S2. The van der Waals surface area contributed by atoms with Crippen LogP contribution in [-0.2, 0) is 10.0 Å². The van der Waals surface area contributed by atoms with E-state index in [1.165, 1.54) is 0 Å². The molecule has 0 saturated carbocycles. The molecule has 0 amide bonds. The first-order chi connectivity index (χ1) is 6.47. The molecule has 0 fully saturated rings. The van der Waals surface area contributed by atoms with E-state index in [4.69, 9.17) is 5.11 Å². The Kier molecular flexibility index (Phi) is 3.59. The number of nitrogens with zero attached hydrogens (tertiary/aromatic N) is 1. The minimum atomic E-state index is -3.49. The van der Waals surface area contributed by atoms with Gasteiger partial charge in [-0.25, -0.2) is 18.1 Å². The molecule has 0 atom stereocenters. The van der Waals surface area contributed by atoms with Crippen molar-refractivity contribution < 1.29 is 13.5 Å². The number of aryl methyl sites for hydroxylation is 2. The summed E-state index contributed by atoms with van der Waals surface area (Å²) in [6.45, 7) is 3.22. The largest absolute Gasteiger partial charge is 0.395 e. The Labute approximate surface area is 86.9 Å². The fraction of sp³-hybridized carbons (Fsp3) is 0.571. The van der Waals surface area contributed by atoms with Crippen LogP contribution in [0.5, 0.6) is 0 Å². The molecular weight excluding hydrogens is 224 g/mol. The van der Waals surface area contributed by atoms with E-state index in [9.17, 15) is 8.42 Å². The molecule has 14 heavy (non-hydrogen) atoms. The molecule has 0 aliphatic carbocycles. The van der Waals surface area contributed by atoms with Crippen molar-refractivity contribution in [3.63, 3.8) is 0 Å². The number of hydrogen-bond acceptors (Lipinski definition) is 5. The maximum Gasteiger partial charge on any atom is 0.252 e. The molecule has 0 unspecified atom stereocenters. The molecule has 0 spiro atoms. The van der Waals surface area contributed by atoms with Gasteiger partial charge in [-0.05, 0) is 13.8 Å². The molecule has 1 aromatic heterocycles. The van der Waals surface area contributed by atoms with Crippen molar-refractivity contribution in [2.24, 2.45) is 0 Å². The Morgan fingerprint density at radius 2 is 2.14 bits per heavy atom. The molecule has 1 aromatic rings. The molecule has 7 heteroatoms. The van der Waals surface area contributed by atoms with Gasteiger partial charge in [0.05, 0.1) is 17.3 Å². The molecule has 0 bridgehead atoms. The second kappa shape index (κ2) is 4.35. The van der Waals surface area contributed by atoms with Gasteiger partial charge in [-0.2, -0.15) is 0 Å². The van der Waals surface area contributed by atoms with Crippen LogP contribution >= 0.6 is 11.3 Å². The predicted molar refractivity (Wildman–Crippen MR) is 53.9 cm³/mol. The normalized spacial score (nSPS) is 11.9. The molecule has 0 aromatic carbocycles. The third-order valence-corrected chi connectivity index (χ3v) is 4.65. The summed E-state index contributed by atoms with van der Waals surface area (Å²) in [7, 11) is -3.49.